The third-order valence-corrected chi connectivity index (χ3v) is 1.96. The fourth-order valence-electron chi connectivity index (χ4n) is 1.26. The Morgan fingerprint density at radius 2 is 2.13 bits per heavy atom. The first-order valence-electron chi connectivity index (χ1n) is 4.77. The van der Waals surface area contributed by atoms with Crippen LogP contribution in [0, 0.1) is 0 Å². The summed E-state index contributed by atoms with van der Waals surface area (Å²) in [4.78, 5) is 0. The minimum absolute atomic E-state index is 0.487. The van der Waals surface area contributed by atoms with Gasteiger partial charge >= 0.3 is 0 Å². The van der Waals surface area contributed by atoms with E-state index in [0.717, 1.165) is 11.4 Å². The Morgan fingerprint density at radius 3 is 2.87 bits per heavy atom. The zero-order valence-electron chi connectivity index (χ0n) is 8.55. The van der Waals surface area contributed by atoms with Crippen molar-refractivity contribution >= 4 is 0 Å². The molecular formula is C11H13N3O. The number of rotatable bonds is 4. The first kappa shape index (κ1) is 9.73. The maximum Gasteiger partial charge on any atom is 0.159 e. The molecule has 4 nitrogen and oxygen atoms in total. The lowest BCUT2D eigenvalue weighted by atomic mass is 10.3. The molecule has 1 aromatic heterocycles. The highest BCUT2D eigenvalue weighted by Crippen LogP contribution is 2.12. The van der Waals surface area contributed by atoms with Crippen molar-refractivity contribution in [3.8, 4) is 11.4 Å². The van der Waals surface area contributed by atoms with Gasteiger partial charge in [0, 0.05) is 0 Å². The Balaban J connectivity index is 2.14. The summed E-state index contributed by atoms with van der Waals surface area (Å²) in [6, 6.07) is 9.92. The van der Waals surface area contributed by atoms with Gasteiger partial charge in [0.25, 0.3) is 0 Å². The summed E-state index contributed by atoms with van der Waals surface area (Å²) in [5.74, 6) is 0.758. The van der Waals surface area contributed by atoms with E-state index in [1.807, 2.05) is 43.6 Å². The van der Waals surface area contributed by atoms with Crippen LogP contribution in [0.4, 0.5) is 0 Å². The van der Waals surface area contributed by atoms with Crippen LogP contribution in [-0.2, 0) is 0 Å². The standard InChI is InChI=1S/C11H13N3O/c1-12-9-15-11-7-13-14(8-11)10-5-3-2-4-6-10/h2-8,12H,9H2,1H3. The fourth-order valence-corrected chi connectivity index (χ4v) is 1.26. The smallest absolute Gasteiger partial charge is 0.159 e. The second kappa shape index (κ2) is 4.61. The Bertz CT molecular complexity index is 411. The van der Waals surface area contributed by atoms with Gasteiger partial charge in [-0.05, 0) is 19.2 Å². The SMILES string of the molecule is CNCOc1cnn(-c2ccccc2)c1. The molecule has 2 rings (SSSR count). The summed E-state index contributed by atoms with van der Waals surface area (Å²) in [6.07, 6.45) is 3.55. The van der Waals surface area contributed by atoms with E-state index in [-0.39, 0.29) is 0 Å². The van der Waals surface area contributed by atoms with Crippen molar-refractivity contribution in [3.63, 3.8) is 0 Å². The average molecular weight is 203 g/mol. The second-order valence-corrected chi connectivity index (χ2v) is 3.10. The number of ether oxygens (including phenoxy) is 1. The Hall–Kier alpha value is -1.81. The predicted molar refractivity (Wildman–Crippen MR) is 58.1 cm³/mol. The maximum absolute atomic E-state index is 5.36. The van der Waals surface area contributed by atoms with Crippen LogP contribution in [0.2, 0.25) is 0 Å². The van der Waals surface area contributed by atoms with Gasteiger partial charge in [-0.3, -0.25) is 5.32 Å². The van der Waals surface area contributed by atoms with Gasteiger partial charge in [0.15, 0.2) is 5.75 Å². The predicted octanol–water partition coefficient (Wildman–Crippen LogP) is 1.43. The number of para-hydroxylation sites is 1. The third kappa shape index (κ3) is 2.35. The molecular weight excluding hydrogens is 190 g/mol. The molecule has 0 aliphatic carbocycles. The van der Waals surface area contributed by atoms with E-state index in [9.17, 15) is 0 Å². The van der Waals surface area contributed by atoms with Crippen LogP contribution >= 0.6 is 0 Å². The lowest BCUT2D eigenvalue weighted by molar-refractivity contribution is 0.296. The first-order chi connectivity index (χ1) is 7.40. The zero-order valence-corrected chi connectivity index (χ0v) is 8.55. The van der Waals surface area contributed by atoms with Gasteiger partial charge in [-0.15, -0.1) is 0 Å². The maximum atomic E-state index is 5.36. The van der Waals surface area contributed by atoms with E-state index < -0.39 is 0 Å². The molecule has 0 unspecified atom stereocenters. The molecule has 0 amide bonds. The number of hydrogen-bond donors (Lipinski definition) is 1. The molecule has 0 saturated carbocycles. The molecule has 0 radical (unpaired) electrons. The van der Waals surface area contributed by atoms with Gasteiger partial charge in [0.2, 0.25) is 0 Å². The Kier molecular flexibility index (Phi) is 2.99. The van der Waals surface area contributed by atoms with Gasteiger partial charge < -0.3 is 4.74 Å². The van der Waals surface area contributed by atoms with E-state index in [1.165, 1.54) is 0 Å². The van der Waals surface area contributed by atoms with Gasteiger partial charge in [0.1, 0.15) is 6.73 Å². The van der Waals surface area contributed by atoms with Crippen molar-refractivity contribution in [2.75, 3.05) is 13.8 Å². The molecule has 78 valence electrons. The lowest BCUT2D eigenvalue weighted by Crippen LogP contribution is -2.13. The fraction of sp³-hybridized carbons (Fsp3) is 0.182. The summed E-state index contributed by atoms with van der Waals surface area (Å²) in [7, 11) is 1.83. The Labute approximate surface area is 88.5 Å². The summed E-state index contributed by atoms with van der Waals surface area (Å²) in [6.45, 7) is 0.487. The number of hydrogen-bond acceptors (Lipinski definition) is 3. The second-order valence-electron chi connectivity index (χ2n) is 3.10. The third-order valence-electron chi connectivity index (χ3n) is 1.96. The largest absolute Gasteiger partial charge is 0.475 e. The van der Waals surface area contributed by atoms with Gasteiger partial charge in [-0.25, -0.2) is 4.68 Å². The van der Waals surface area contributed by atoms with Gasteiger partial charge in [-0.2, -0.15) is 5.10 Å². The van der Waals surface area contributed by atoms with Crippen molar-refractivity contribution in [1.82, 2.24) is 15.1 Å². The van der Waals surface area contributed by atoms with Crippen LogP contribution in [0.1, 0.15) is 0 Å². The van der Waals surface area contributed by atoms with Crippen molar-refractivity contribution in [2.45, 2.75) is 0 Å². The quantitative estimate of drug-likeness (QED) is 0.764. The molecule has 0 atom stereocenters. The summed E-state index contributed by atoms with van der Waals surface area (Å²) in [5.41, 5.74) is 1.02. The highest BCUT2D eigenvalue weighted by Gasteiger charge is 1.99. The molecule has 4 heteroatoms. The van der Waals surface area contributed by atoms with Crippen molar-refractivity contribution in [3.05, 3.63) is 42.7 Å². The zero-order chi connectivity index (χ0) is 10.5. The Morgan fingerprint density at radius 1 is 1.33 bits per heavy atom. The van der Waals surface area contributed by atoms with Gasteiger partial charge in [-0.1, -0.05) is 18.2 Å². The highest BCUT2D eigenvalue weighted by molar-refractivity contribution is 5.31. The van der Waals surface area contributed by atoms with Crippen LogP contribution in [-0.4, -0.2) is 23.6 Å². The average Bonchev–Trinajstić information content (AvgIpc) is 2.76. The van der Waals surface area contributed by atoms with Crippen LogP contribution in [0.5, 0.6) is 5.75 Å². The van der Waals surface area contributed by atoms with Crippen molar-refractivity contribution < 1.29 is 4.74 Å². The molecule has 1 heterocycles. The van der Waals surface area contributed by atoms with Crippen molar-refractivity contribution in [2.24, 2.45) is 0 Å². The number of nitrogens with one attached hydrogen (secondary N) is 1. The van der Waals surface area contributed by atoms with E-state index >= 15 is 0 Å². The molecule has 15 heavy (non-hydrogen) atoms. The molecule has 0 bridgehead atoms. The molecule has 0 aliphatic rings. The lowest BCUT2D eigenvalue weighted by Gasteiger charge is -2.00. The monoisotopic (exact) mass is 203 g/mol. The molecule has 2 aromatic rings. The molecule has 0 saturated heterocycles. The van der Waals surface area contributed by atoms with Crippen LogP contribution < -0.4 is 10.1 Å². The number of benzene rings is 1. The summed E-state index contributed by atoms with van der Waals surface area (Å²) < 4.78 is 7.15. The minimum atomic E-state index is 0.487. The van der Waals surface area contributed by atoms with Crippen LogP contribution in [0.3, 0.4) is 0 Å². The number of aromatic nitrogens is 2. The van der Waals surface area contributed by atoms with Gasteiger partial charge in [0.05, 0.1) is 18.1 Å². The molecule has 1 N–H and O–H groups in total. The summed E-state index contributed by atoms with van der Waals surface area (Å²) in [5, 5.41) is 7.11. The highest BCUT2D eigenvalue weighted by atomic mass is 16.5. The molecule has 1 aromatic carbocycles. The minimum Gasteiger partial charge on any atom is -0.475 e. The number of nitrogens with zero attached hydrogens (tertiary/aromatic N) is 2. The van der Waals surface area contributed by atoms with Crippen molar-refractivity contribution in [1.29, 1.82) is 0 Å². The topological polar surface area (TPSA) is 39.1 Å². The normalized spacial score (nSPS) is 10.2. The molecule has 0 aliphatic heterocycles. The summed E-state index contributed by atoms with van der Waals surface area (Å²) >= 11 is 0. The van der Waals surface area contributed by atoms with Crippen LogP contribution in [0.25, 0.3) is 5.69 Å². The van der Waals surface area contributed by atoms with E-state index in [1.54, 1.807) is 10.9 Å². The molecule has 0 fully saturated rings. The van der Waals surface area contributed by atoms with E-state index in [0.29, 0.717) is 6.73 Å². The first-order valence-corrected chi connectivity index (χ1v) is 4.77. The van der Waals surface area contributed by atoms with Crippen LogP contribution in [0.15, 0.2) is 42.7 Å². The van der Waals surface area contributed by atoms with E-state index in [2.05, 4.69) is 10.4 Å². The molecule has 0 spiro atoms. The van der Waals surface area contributed by atoms with E-state index in [4.69, 9.17) is 4.74 Å².